The summed E-state index contributed by atoms with van der Waals surface area (Å²) in [5, 5.41) is 5.45. The number of thioether (sulfide) groups is 1. The Hall–Kier alpha value is -2.85. The summed E-state index contributed by atoms with van der Waals surface area (Å²) in [6.07, 6.45) is 0. The largest absolute Gasteiger partial charge is 0.368 e. The summed E-state index contributed by atoms with van der Waals surface area (Å²) < 4.78 is 1.89. The minimum Gasteiger partial charge on any atom is -0.368 e. The third-order valence-electron chi connectivity index (χ3n) is 6.14. The fraction of sp³-hybridized carbons (Fsp3) is 0.179. The van der Waals surface area contributed by atoms with Crippen LogP contribution in [0.3, 0.4) is 0 Å². The molecule has 0 aliphatic carbocycles. The summed E-state index contributed by atoms with van der Waals surface area (Å²) in [4.78, 5) is 34.0. The van der Waals surface area contributed by atoms with Gasteiger partial charge in [0.2, 0.25) is 5.91 Å². The number of nitrogens with one attached hydrogen (secondary N) is 1. The number of aromatic nitrogens is 1. The lowest BCUT2D eigenvalue weighted by Crippen LogP contribution is -2.48. The first-order chi connectivity index (χ1) is 18.5. The van der Waals surface area contributed by atoms with Crippen LogP contribution >= 0.6 is 50.6 Å². The van der Waals surface area contributed by atoms with Crippen molar-refractivity contribution >= 4 is 73.8 Å². The van der Waals surface area contributed by atoms with Crippen LogP contribution < -0.4 is 10.2 Å². The number of nitrogens with zero attached hydrogens (tertiary/aromatic N) is 3. The lowest BCUT2D eigenvalue weighted by Gasteiger charge is -2.36. The fourth-order valence-corrected chi connectivity index (χ4v) is 6.25. The highest BCUT2D eigenvalue weighted by Gasteiger charge is 2.23. The van der Waals surface area contributed by atoms with Gasteiger partial charge in [0.1, 0.15) is 0 Å². The number of rotatable bonds is 7. The predicted molar refractivity (Wildman–Crippen MR) is 161 cm³/mol. The van der Waals surface area contributed by atoms with Crippen LogP contribution in [-0.2, 0) is 4.79 Å². The van der Waals surface area contributed by atoms with E-state index in [9.17, 15) is 9.59 Å². The van der Waals surface area contributed by atoms with Gasteiger partial charge in [0.25, 0.3) is 5.91 Å². The zero-order valence-corrected chi connectivity index (χ0v) is 24.2. The molecule has 1 fully saturated rings. The molecule has 38 heavy (non-hydrogen) atoms. The lowest BCUT2D eigenvalue weighted by molar-refractivity contribution is -0.113. The highest BCUT2D eigenvalue weighted by atomic mass is 79.9. The Morgan fingerprint density at radius 2 is 1.68 bits per heavy atom. The molecular formula is C28H24BrClN4O2S2. The van der Waals surface area contributed by atoms with Crippen molar-refractivity contribution in [3.8, 4) is 11.3 Å². The summed E-state index contributed by atoms with van der Waals surface area (Å²) in [6, 6.07) is 23.0. The maximum absolute atomic E-state index is 12.8. The van der Waals surface area contributed by atoms with Crippen molar-refractivity contribution in [2.45, 2.75) is 4.34 Å². The number of carbonyl (C=O) groups excluding carboxylic acids is 2. The van der Waals surface area contributed by atoms with Gasteiger partial charge in [-0.25, -0.2) is 4.98 Å². The van der Waals surface area contributed by atoms with Crippen LogP contribution in [0.1, 0.15) is 10.4 Å². The molecule has 3 aromatic carbocycles. The molecule has 4 aromatic rings. The Kier molecular flexibility index (Phi) is 8.68. The number of carbonyl (C=O) groups is 2. The van der Waals surface area contributed by atoms with E-state index < -0.39 is 0 Å². The number of piperazine rings is 1. The molecule has 5 rings (SSSR count). The maximum atomic E-state index is 12.8. The van der Waals surface area contributed by atoms with E-state index in [1.165, 1.54) is 23.1 Å². The lowest BCUT2D eigenvalue weighted by atomic mass is 10.1. The third-order valence-corrected chi connectivity index (χ3v) is 9.02. The number of thiazole rings is 1. The van der Waals surface area contributed by atoms with Crippen LogP contribution in [0.25, 0.3) is 11.3 Å². The number of anilines is 2. The highest BCUT2D eigenvalue weighted by molar-refractivity contribution is 9.10. The van der Waals surface area contributed by atoms with Crippen LogP contribution in [0, 0.1) is 0 Å². The van der Waals surface area contributed by atoms with Crippen molar-refractivity contribution in [2.24, 2.45) is 0 Å². The van der Waals surface area contributed by atoms with Gasteiger partial charge in [-0.3, -0.25) is 9.59 Å². The summed E-state index contributed by atoms with van der Waals surface area (Å²) in [5.74, 6) is 0.180. The van der Waals surface area contributed by atoms with Gasteiger partial charge in [0.15, 0.2) is 4.34 Å². The van der Waals surface area contributed by atoms with Crippen LogP contribution in [-0.4, -0.2) is 53.6 Å². The van der Waals surface area contributed by atoms with Gasteiger partial charge in [-0.15, -0.1) is 11.3 Å². The Labute approximate surface area is 243 Å². The second kappa shape index (κ2) is 12.3. The minimum atomic E-state index is -0.0742. The number of hydrogen-bond donors (Lipinski definition) is 1. The standard InChI is InChI=1S/C28H24BrClN4O2S2/c29-20-7-5-19(6-8-20)25-17-37-28(32-25)38-18-26(35)31-21-9-11-22(12-10-21)33-13-15-34(16-14-33)27(36)23-3-1-2-4-24(23)30/h1-12,17H,13-16,18H2,(H,31,35). The fourth-order valence-electron chi connectivity index (χ4n) is 4.13. The van der Waals surface area contributed by atoms with E-state index in [4.69, 9.17) is 11.6 Å². The summed E-state index contributed by atoms with van der Waals surface area (Å²) in [7, 11) is 0. The van der Waals surface area contributed by atoms with E-state index in [1.807, 2.05) is 70.9 Å². The maximum Gasteiger partial charge on any atom is 0.255 e. The zero-order valence-electron chi connectivity index (χ0n) is 20.3. The van der Waals surface area contributed by atoms with Crippen molar-refractivity contribution in [2.75, 3.05) is 42.1 Å². The summed E-state index contributed by atoms with van der Waals surface area (Å²) in [5.41, 5.74) is 4.32. The van der Waals surface area contributed by atoms with Gasteiger partial charge in [0.05, 0.1) is 22.0 Å². The Bertz CT molecular complexity index is 1420. The second-order valence-corrected chi connectivity index (χ2v) is 12.1. The molecule has 1 N–H and O–H groups in total. The molecule has 2 amide bonds. The van der Waals surface area contributed by atoms with Gasteiger partial charge in [-0.05, 0) is 48.5 Å². The molecule has 0 radical (unpaired) electrons. The van der Waals surface area contributed by atoms with Gasteiger partial charge in [-0.2, -0.15) is 0 Å². The molecule has 1 aromatic heterocycles. The van der Waals surface area contributed by atoms with Gasteiger partial charge < -0.3 is 15.1 Å². The van der Waals surface area contributed by atoms with Crippen molar-refractivity contribution in [3.05, 3.63) is 93.2 Å². The first kappa shape index (κ1) is 26.7. The molecule has 0 bridgehead atoms. The van der Waals surface area contributed by atoms with Gasteiger partial charge in [0, 0.05) is 53.0 Å². The van der Waals surface area contributed by atoms with Crippen LogP contribution in [0.15, 0.2) is 87.0 Å². The topological polar surface area (TPSA) is 65.5 Å². The molecule has 2 heterocycles. The number of hydrogen-bond acceptors (Lipinski definition) is 6. The minimum absolute atomic E-state index is 0.0338. The quantitative estimate of drug-likeness (QED) is 0.226. The molecule has 0 atom stereocenters. The molecule has 10 heteroatoms. The normalized spacial score (nSPS) is 13.4. The molecular weight excluding hydrogens is 604 g/mol. The van der Waals surface area contributed by atoms with Crippen LogP contribution in [0.2, 0.25) is 5.02 Å². The molecule has 6 nitrogen and oxygen atoms in total. The summed E-state index contributed by atoms with van der Waals surface area (Å²) >= 11 is 12.6. The van der Waals surface area contributed by atoms with E-state index in [0.717, 1.165) is 44.5 Å². The van der Waals surface area contributed by atoms with E-state index in [2.05, 4.69) is 31.1 Å². The smallest absolute Gasteiger partial charge is 0.255 e. The van der Waals surface area contributed by atoms with E-state index >= 15 is 0 Å². The third kappa shape index (κ3) is 6.58. The first-order valence-corrected chi connectivity index (χ1v) is 15.0. The van der Waals surface area contributed by atoms with Crippen molar-refractivity contribution < 1.29 is 9.59 Å². The second-order valence-electron chi connectivity index (χ2n) is 8.65. The number of halogens is 2. The number of amides is 2. The van der Waals surface area contributed by atoms with E-state index in [-0.39, 0.29) is 17.6 Å². The Balaban J connectivity index is 1.09. The molecule has 1 saturated heterocycles. The van der Waals surface area contributed by atoms with Crippen LogP contribution in [0.5, 0.6) is 0 Å². The zero-order chi connectivity index (χ0) is 26.5. The van der Waals surface area contributed by atoms with Crippen LogP contribution in [0.4, 0.5) is 11.4 Å². The number of benzene rings is 3. The molecule has 0 spiro atoms. The molecule has 0 saturated carbocycles. The summed E-state index contributed by atoms with van der Waals surface area (Å²) in [6.45, 7) is 2.71. The van der Waals surface area contributed by atoms with Crippen molar-refractivity contribution in [1.29, 1.82) is 0 Å². The van der Waals surface area contributed by atoms with Crippen molar-refractivity contribution in [1.82, 2.24) is 9.88 Å². The van der Waals surface area contributed by atoms with Crippen molar-refractivity contribution in [3.63, 3.8) is 0 Å². The average molecular weight is 628 g/mol. The predicted octanol–water partition coefficient (Wildman–Crippen LogP) is 6.92. The highest BCUT2D eigenvalue weighted by Crippen LogP contribution is 2.29. The molecule has 0 unspecified atom stereocenters. The monoisotopic (exact) mass is 626 g/mol. The Morgan fingerprint density at radius 1 is 0.974 bits per heavy atom. The molecule has 1 aliphatic heterocycles. The van der Waals surface area contributed by atoms with E-state index in [0.29, 0.717) is 23.7 Å². The Morgan fingerprint density at radius 3 is 2.39 bits per heavy atom. The SMILES string of the molecule is O=C(CSc1nc(-c2ccc(Br)cc2)cs1)Nc1ccc(N2CCN(C(=O)c3ccccc3Cl)CC2)cc1. The van der Waals surface area contributed by atoms with Gasteiger partial charge >= 0.3 is 0 Å². The molecule has 1 aliphatic rings. The first-order valence-electron chi connectivity index (χ1n) is 12.0. The van der Waals surface area contributed by atoms with Gasteiger partial charge in [-0.1, -0.05) is 63.6 Å². The van der Waals surface area contributed by atoms with E-state index in [1.54, 1.807) is 12.1 Å². The molecule has 194 valence electrons. The average Bonchev–Trinajstić information content (AvgIpc) is 3.42.